The van der Waals surface area contributed by atoms with Gasteiger partial charge in [0.15, 0.2) is 0 Å². The molecule has 3 heteroatoms. The molecule has 0 spiro atoms. The largest absolute Gasteiger partial charge is 0.497 e. The van der Waals surface area contributed by atoms with Crippen LogP contribution in [0.4, 0.5) is 0 Å². The Morgan fingerprint density at radius 1 is 1.36 bits per heavy atom. The summed E-state index contributed by atoms with van der Waals surface area (Å²) < 4.78 is 8.51. The summed E-state index contributed by atoms with van der Waals surface area (Å²) >= 11 is 3.59. The summed E-state index contributed by atoms with van der Waals surface area (Å²) in [5.41, 5.74) is 2.45. The lowest BCUT2D eigenvalue weighted by atomic mass is 10.2. The van der Waals surface area contributed by atoms with Crippen LogP contribution in [0, 0.1) is 6.92 Å². The van der Waals surface area contributed by atoms with Gasteiger partial charge in [-0.25, -0.2) is 0 Å². The molecule has 74 valence electrons. The quantitative estimate of drug-likeness (QED) is 0.761. The second-order valence-corrected chi connectivity index (χ2v) is 4.13. The van der Waals surface area contributed by atoms with E-state index in [1.807, 2.05) is 12.1 Å². The molecule has 0 saturated heterocycles. The van der Waals surface area contributed by atoms with E-state index in [4.69, 9.17) is 4.74 Å². The molecule has 0 unspecified atom stereocenters. The van der Waals surface area contributed by atoms with Gasteiger partial charge in [0, 0.05) is 28.1 Å². The monoisotopic (exact) mass is 253 g/mol. The fourth-order valence-electron chi connectivity index (χ4n) is 1.63. The van der Waals surface area contributed by atoms with Crippen LogP contribution in [0.5, 0.6) is 5.75 Å². The first kappa shape index (κ1) is 9.59. The first-order valence-electron chi connectivity index (χ1n) is 4.43. The molecule has 1 heterocycles. The lowest BCUT2D eigenvalue weighted by molar-refractivity contribution is 0.415. The molecule has 2 aromatic rings. The maximum atomic E-state index is 5.20. The molecule has 0 saturated carbocycles. The second-order valence-electron chi connectivity index (χ2n) is 3.34. The fourth-order valence-corrected chi connectivity index (χ4v) is 2.22. The summed E-state index contributed by atoms with van der Waals surface area (Å²) in [5, 5.41) is 1.20. The summed E-state index contributed by atoms with van der Waals surface area (Å²) in [7, 11) is 3.75. The number of nitrogens with zero attached hydrogens (tertiary/aromatic N) is 1. The number of halogens is 1. The van der Waals surface area contributed by atoms with Crippen molar-refractivity contribution in [3.63, 3.8) is 0 Å². The molecule has 1 aromatic heterocycles. The normalized spacial score (nSPS) is 10.9. The van der Waals surface area contributed by atoms with Gasteiger partial charge in [-0.3, -0.25) is 0 Å². The molecular formula is C11H12BrNO. The Morgan fingerprint density at radius 3 is 2.71 bits per heavy atom. The van der Waals surface area contributed by atoms with Crippen LogP contribution >= 0.6 is 15.9 Å². The molecule has 14 heavy (non-hydrogen) atoms. The fraction of sp³-hybridized carbons (Fsp3) is 0.273. The first-order valence-corrected chi connectivity index (χ1v) is 5.23. The van der Waals surface area contributed by atoms with Crippen LogP contribution in [0.1, 0.15) is 5.69 Å². The molecule has 0 aliphatic rings. The van der Waals surface area contributed by atoms with E-state index in [1.54, 1.807) is 7.11 Å². The molecule has 2 nitrogen and oxygen atoms in total. The van der Waals surface area contributed by atoms with Gasteiger partial charge in [0.1, 0.15) is 5.75 Å². The molecule has 0 bridgehead atoms. The third-order valence-electron chi connectivity index (χ3n) is 2.62. The van der Waals surface area contributed by atoms with E-state index in [0.717, 1.165) is 10.2 Å². The van der Waals surface area contributed by atoms with E-state index in [0.29, 0.717) is 0 Å². The number of aromatic nitrogens is 1. The lowest BCUT2D eigenvalue weighted by Gasteiger charge is -2.00. The van der Waals surface area contributed by atoms with E-state index >= 15 is 0 Å². The Labute approximate surface area is 91.6 Å². The molecule has 0 aliphatic heterocycles. The SMILES string of the molecule is COc1ccc2c(c1)c(Br)c(C)n2C. The third-order valence-corrected chi connectivity index (χ3v) is 3.62. The van der Waals surface area contributed by atoms with Crippen molar-refractivity contribution in [2.75, 3.05) is 7.11 Å². The van der Waals surface area contributed by atoms with Crippen LogP contribution in [0.3, 0.4) is 0 Å². The summed E-state index contributed by atoms with van der Waals surface area (Å²) in [5.74, 6) is 0.892. The van der Waals surface area contributed by atoms with Gasteiger partial charge in [-0.05, 0) is 41.1 Å². The molecule has 0 aliphatic carbocycles. The topological polar surface area (TPSA) is 14.2 Å². The molecule has 0 radical (unpaired) electrons. The highest BCUT2D eigenvalue weighted by atomic mass is 79.9. The van der Waals surface area contributed by atoms with Crippen LogP contribution < -0.4 is 4.74 Å². The highest BCUT2D eigenvalue weighted by molar-refractivity contribution is 9.10. The Hall–Kier alpha value is -0.960. The highest BCUT2D eigenvalue weighted by Crippen LogP contribution is 2.32. The van der Waals surface area contributed by atoms with Gasteiger partial charge in [0.05, 0.1) is 7.11 Å². The predicted molar refractivity (Wildman–Crippen MR) is 61.9 cm³/mol. The van der Waals surface area contributed by atoms with Crippen LogP contribution in [0.25, 0.3) is 10.9 Å². The molecule has 1 aromatic carbocycles. The maximum absolute atomic E-state index is 5.20. The summed E-state index contributed by atoms with van der Waals surface area (Å²) in [6, 6.07) is 6.10. The van der Waals surface area contributed by atoms with Crippen molar-refractivity contribution in [2.45, 2.75) is 6.92 Å². The van der Waals surface area contributed by atoms with Crippen LogP contribution in [0.15, 0.2) is 22.7 Å². The number of hydrogen-bond acceptors (Lipinski definition) is 1. The van der Waals surface area contributed by atoms with Crippen molar-refractivity contribution in [3.05, 3.63) is 28.4 Å². The number of ether oxygens (including phenoxy) is 1. The number of hydrogen-bond donors (Lipinski definition) is 0. The van der Waals surface area contributed by atoms with Crippen LogP contribution in [-0.2, 0) is 7.05 Å². The standard InChI is InChI=1S/C11H12BrNO/c1-7-11(12)9-6-8(14-3)4-5-10(9)13(7)2/h4-6H,1-3H3. The molecular weight excluding hydrogens is 242 g/mol. The van der Waals surface area contributed by atoms with E-state index < -0.39 is 0 Å². The zero-order valence-electron chi connectivity index (χ0n) is 8.47. The van der Waals surface area contributed by atoms with Gasteiger partial charge < -0.3 is 9.30 Å². The zero-order valence-corrected chi connectivity index (χ0v) is 10.1. The Kier molecular flexibility index (Phi) is 2.27. The van der Waals surface area contributed by atoms with Crippen molar-refractivity contribution < 1.29 is 4.74 Å². The Bertz CT molecular complexity index is 487. The van der Waals surface area contributed by atoms with E-state index in [9.17, 15) is 0 Å². The number of methoxy groups -OCH3 is 1. The molecule has 0 fully saturated rings. The van der Waals surface area contributed by atoms with Gasteiger partial charge in [-0.2, -0.15) is 0 Å². The average molecular weight is 254 g/mol. The minimum atomic E-state index is 0.892. The number of benzene rings is 1. The van der Waals surface area contributed by atoms with E-state index in [1.165, 1.54) is 16.6 Å². The Morgan fingerprint density at radius 2 is 2.07 bits per heavy atom. The van der Waals surface area contributed by atoms with Crippen molar-refractivity contribution in [1.29, 1.82) is 0 Å². The molecule has 2 rings (SSSR count). The van der Waals surface area contributed by atoms with Crippen LogP contribution in [0.2, 0.25) is 0 Å². The van der Waals surface area contributed by atoms with E-state index in [2.05, 4.69) is 40.5 Å². The highest BCUT2D eigenvalue weighted by Gasteiger charge is 2.09. The van der Waals surface area contributed by atoms with Crippen LogP contribution in [-0.4, -0.2) is 11.7 Å². The van der Waals surface area contributed by atoms with Gasteiger partial charge >= 0.3 is 0 Å². The molecule has 0 amide bonds. The van der Waals surface area contributed by atoms with Crippen molar-refractivity contribution in [3.8, 4) is 5.75 Å². The Balaban J connectivity index is 2.82. The van der Waals surface area contributed by atoms with E-state index in [-0.39, 0.29) is 0 Å². The number of rotatable bonds is 1. The van der Waals surface area contributed by atoms with Crippen molar-refractivity contribution in [2.24, 2.45) is 7.05 Å². The number of aryl methyl sites for hydroxylation is 1. The molecule has 0 N–H and O–H groups in total. The minimum Gasteiger partial charge on any atom is -0.497 e. The number of fused-ring (bicyclic) bond motifs is 1. The summed E-state index contributed by atoms with van der Waals surface area (Å²) in [4.78, 5) is 0. The third kappa shape index (κ3) is 1.23. The van der Waals surface area contributed by atoms with Gasteiger partial charge in [-0.15, -0.1) is 0 Å². The minimum absolute atomic E-state index is 0.892. The smallest absolute Gasteiger partial charge is 0.119 e. The van der Waals surface area contributed by atoms with Crippen molar-refractivity contribution >= 4 is 26.8 Å². The predicted octanol–water partition coefficient (Wildman–Crippen LogP) is 3.26. The first-order chi connectivity index (χ1) is 6.65. The maximum Gasteiger partial charge on any atom is 0.119 e. The van der Waals surface area contributed by atoms with Crippen molar-refractivity contribution in [1.82, 2.24) is 4.57 Å². The lowest BCUT2D eigenvalue weighted by Crippen LogP contribution is -1.89. The van der Waals surface area contributed by atoms with Gasteiger partial charge in [0.25, 0.3) is 0 Å². The summed E-state index contributed by atoms with van der Waals surface area (Å²) in [6.07, 6.45) is 0. The van der Waals surface area contributed by atoms with Gasteiger partial charge in [-0.1, -0.05) is 0 Å². The average Bonchev–Trinajstić information content (AvgIpc) is 2.44. The molecule has 0 atom stereocenters. The second kappa shape index (κ2) is 3.31. The zero-order chi connectivity index (χ0) is 10.3. The summed E-state index contributed by atoms with van der Waals surface area (Å²) in [6.45, 7) is 2.09. The van der Waals surface area contributed by atoms with Gasteiger partial charge in [0.2, 0.25) is 0 Å².